The fraction of sp³-hybridized carbons (Fsp3) is 0.227. The third kappa shape index (κ3) is 6.21. The molecule has 0 aliphatic heterocycles. The van der Waals surface area contributed by atoms with E-state index in [1.54, 1.807) is 42.5 Å². The second-order valence-electron chi connectivity index (χ2n) is 6.15. The Kier molecular flexibility index (Phi) is 7.54. The van der Waals surface area contributed by atoms with Gasteiger partial charge in [0.2, 0.25) is 0 Å². The van der Waals surface area contributed by atoms with Crippen molar-refractivity contribution in [3.63, 3.8) is 0 Å². The lowest BCUT2D eigenvalue weighted by Crippen LogP contribution is -2.29. The molecule has 0 heterocycles. The van der Waals surface area contributed by atoms with Crippen LogP contribution in [0.25, 0.3) is 6.08 Å². The summed E-state index contributed by atoms with van der Waals surface area (Å²) >= 11 is 0. The van der Waals surface area contributed by atoms with Gasteiger partial charge in [0.15, 0.2) is 11.9 Å². The van der Waals surface area contributed by atoms with Crippen LogP contribution in [0.2, 0.25) is 0 Å². The van der Waals surface area contributed by atoms with Gasteiger partial charge >= 0.3 is 5.97 Å². The highest BCUT2D eigenvalue weighted by molar-refractivity contribution is 5.99. The monoisotopic (exact) mass is 397 g/mol. The third-order valence-corrected chi connectivity index (χ3v) is 4.03. The number of hydrogen-bond donors (Lipinski definition) is 1. The number of anilines is 1. The quantitative estimate of drug-likeness (QED) is 0.417. The first kappa shape index (κ1) is 21.7. The summed E-state index contributed by atoms with van der Waals surface area (Å²) in [6.07, 6.45) is 1.70. The maximum atomic E-state index is 12.3. The Morgan fingerprint density at radius 3 is 2.45 bits per heavy atom. The number of methoxy groups -OCH3 is 2. The Morgan fingerprint density at radius 2 is 1.79 bits per heavy atom. The Morgan fingerprint density at radius 1 is 1.03 bits per heavy atom. The molecular weight excluding hydrogens is 374 g/mol. The van der Waals surface area contributed by atoms with Crippen LogP contribution in [0, 0.1) is 0 Å². The molecule has 0 radical (unpaired) electrons. The number of ether oxygens (including phenoxy) is 3. The summed E-state index contributed by atoms with van der Waals surface area (Å²) in [7, 11) is 3.06. The van der Waals surface area contributed by atoms with Crippen molar-refractivity contribution >= 4 is 29.4 Å². The molecule has 1 atom stereocenters. The fourth-order valence-corrected chi connectivity index (χ4v) is 2.45. The predicted octanol–water partition coefficient (Wildman–Crippen LogP) is 3.49. The Labute approximate surface area is 169 Å². The van der Waals surface area contributed by atoms with Gasteiger partial charge in [-0.3, -0.25) is 9.59 Å². The van der Waals surface area contributed by atoms with Gasteiger partial charge in [-0.25, -0.2) is 4.79 Å². The van der Waals surface area contributed by atoms with Gasteiger partial charge in [0.25, 0.3) is 5.91 Å². The zero-order valence-electron chi connectivity index (χ0n) is 16.7. The summed E-state index contributed by atoms with van der Waals surface area (Å²) in [5.74, 6) is -0.134. The molecule has 2 rings (SSSR count). The average Bonchev–Trinajstić information content (AvgIpc) is 2.72. The second kappa shape index (κ2) is 10.1. The molecule has 2 aromatic rings. The molecule has 0 bridgehead atoms. The molecular formula is C22H23NO6. The molecule has 29 heavy (non-hydrogen) atoms. The Balaban J connectivity index is 1.99. The van der Waals surface area contributed by atoms with Crippen LogP contribution in [-0.4, -0.2) is 38.0 Å². The van der Waals surface area contributed by atoms with Crippen molar-refractivity contribution in [2.24, 2.45) is 0 Å². The van der Waals surface area contributed by atoms with Gasteiger partial charge in [-0.1, -0.05) is 12.1 Å². The smallest absolute Gasteiger partial charge is 0.331 e. The van der Waals surface area contributed by atoms with E-state index in [0.717, 1.165) is 0 Å². The average molecular weight is 397 g/mol. The van der Waals surface area contributed by atoms with Gasteiger partial charge in [-0.05, 0) is 50.3 Å². The molecule has 0 spiro atoms. The molecule has 0 aliphatic rings. The minimum Gasteiger partial charge on any atom is -0.497 e. The summed E-state index contributed by atoms with van der Waals surface area (Å²) in [5.41, 5.74) is 1.55. The van der Waals surface area contributed by atoms with Crippen molar-refractivity contribution in [1.82, 2.24) is 0 Å². The number of carbonyl (C=O) groups is 3. The van der Waals surface area contributed by atoms with Crippen LogP contribution in [0.4, 0.5) is 5.69 Å². The molecule has 1 amide bonds. The number of benzene rings is 2. The van der Waals surface area contributed by atoms with Gasteiger partial charge < -0.3 is 19.5 Å². The van der Waals surface area contributed by atoms with E-state index in [-0.39, 0.29) is 5.78 Å². The van der Waals surface area contributed by atoms with Crippen molar-refractivity contribution in [2.75, 3.05) is 19.5 Å². The zero-order valence-corrected chi connectivity index (χ0v) is 16.7. The van der Waals surface area contributed by atoms with Crippen LogP contribution in [-0.2, 0) is 14.3 Å². The summed E-state index contributed by atoms with van der Waals surface area (Å²) in [6, 6.07) is 11.7. The van der Waals surface area contributed by atoms with Gasteiger partial charge in [0.1, 0.15) is 11.5 Å². The first-order valence-electron chi connectivity index (χ1n) is 8.86. The number of esters is 1. The topological polar surface area (TPSA) is 90.9 Å². The van der Waals surface area contributed by atoms with Crippen molar-refractivity contribution in [3.05, 3.63) is 59.7 Å². The van der Waals surface area contributed by atoms with Crippen LogP contribution >= 0.6 is 0 Å². The first-order valence-corrected chi connectivity index (χ1v) is 8.86. The molecule has 152 valence electrons. The van der Waals surface area contributed by atoms with E-state index >= 15 is 0 Å². The Hall–Kier alpha value is -3.61. The van der Waals surface area contributed by atoms with Crippen molar-refractivity contribution < 1.29 is 28.6 Å². The van der Waals surface area contributed by atoms with E-state index in [2.05, 4.69) is 5.32 Å². The van der Waals surface area contributed by atoms with E-state index in [0.29, 0.717) is 28.3 Å². The molecule has 0 saturated carbocycles. The highest BCUT2D eigenvalue weighted by Crippen LogP contribution is 2.25. The third-order valence-electron chi connectivity index (χ3n) is 4.03. The molecule has 1 N–H and O–H groups in total. The molecule has 7 heteroatoms. The van der Waals surface area contributed by atoms with Gasteiger partial charge in [0.05, 0.1) is 14.2 Å². The number of carbonyl (C=O) groups excluding carboxylic acids is 3. The number of ketones is 1. The summed E-state index contributed by atoms with van der Waals surface area (Å²) in [5, 5.41) is 2.62. The molecule has 7 nitrogen and oxygen atoms in total. The fourth-order valence-electron chi connectivity index (χ4n) is 2.45. The van der Waals surface area contributed by atoms with Crippen LogP contribution in [0.1, 0.15) is 29.8 Å². The molecule has 0 fully saturated rings. The number of rotatable bonds is 8. The van der Waals surface area contributed by atoms with E-state index in [1.165, 1.54) is 40.2 Å². The van der Waals surface area contributed by atoms with Gasteiger partial charge in [-0.15, -0.1) is 0 Å². The Bertz CT molecular complexity index is 935. The first-order chi connectivity index (χ1) is 13.8. The van der Waals surface area contributed by atoms with E-state index in [1.807, 2.05) is 0 Å². The molecule has 0 unspecified atom stereocenters. The zero-order chi connectivity index (χ0) is 21.4. The standard InChI is InChI=1S/C22H23NO6/c1-14(24)16-6-5-7-18(12-16)23-22(26)15(2)29-21(25)11-8-17-13-19(27-3)9-10-20(17)28-4/h5-13,15H,1-4H3,(H,23,26)/b11-8+/t15-/m0/s1. The number of Topliss-reactive ketones (excluding diaryl/α,β-unsaturated/α-hetero) is 1. The van der Waals surface area contributed by atoms with Crippen LogP contribution in [0.5, 0.6) is 11.5 Å². The summed E-state index contributed by atoms with van der Waals surface area (Å²) < 4.78 is 15.5. The van der Waals surface area contributed by atoms with Crippen molar-refractivity contribution in [3.8, 4) is 11.5 Å². The van der Waals surface area contributed by atoms with E-state index in [4.69, 9.17) is 14.2 Å². The van der Waals surface area contributed by atoms with Crippen molar-refractivity contribution in [2.45, 2.75) is 20.0 Å². The lowest BCUT2D eigenvalue weighted by Gasteiger charge is -2.13. The molecule has 0 aromatic heterocycles. The number of amides is 1. The largest absolute Gasteiger partial charge is 0.497 e. The molecule has 0 saturated heterocycles. The minimum atomic E-state index is -1.03. The maximum Gasteiger partial charge on any atom is 0.331 e. The van der Waals surface area contributed by atoms with E-state index < -0.39 is 18.0 Å². The minimum absolute atomic E-state index is 0.112. The van der Waals surface area contributed by atoms with Gasteiger partial charge in [0, 0.05) is 22.9 Å². The van der Waals surface area contributed by atoms with Gasteiger partial charge in [-0.2, -0.15) is 0 Å². The van der Waals surface area contributed by atoms with Crippen molar-refractivity contribution in [1.29, 1.82) is 0 Å². The lowest BCUT2D eigenvalue weighted by molar-refractivity contribution is -0.148. The summed E-state index contributed by atoms with van der Waals surface area (Å²) in [4.78, 5) is 35.8. The second-order valence-corrected chi connectivity index (χ2v) is 6.15. The number of hydrogen-bond acceptors (Lipinski definition) is 6. The molecule has 2 aromatic carbocycles. The summed E-state index contributed by atoms with van der Waals surface area (Å²) in [6.45, 7) is 2.90. The number of nitrogens with one attached hydrogen (secondary N) is 1. The van der Waals surface area contributed by atoms with Crippen LogP contribution < -0.4 is 14.8 Å². The highest BCUT2D eigenvalue weighted by Gasteiger charge is 2.17. The van der Waals surface area contributed by atoms with Crippen LogP contribution in [0.15, 0.2) is 48.5 Å². The lowest BCUT2D eigenvalue weighted by atomic mass is 10.1. The highest BCUT2D eigenvalue weighted by atomic mass is 16.5. The SMILES string of the molecule is COc1ccc(OC)c(/C=C/C(=O)O[C@@H](C)C(=O)Nc2cccc(C(C)=O)c2)c1. The van der Waals surface area contributed by atoms with Crippen LogP contribution in [0.3, 0.4) is 0 Å². The molecule has 0 aliphatic carbocycles. The van der Waals surface area contributed by atoms with E-state index in [9.17, 15) is 14.4 Å². The maximum absolute atomic E-state index is 12.3. The normalized spacial score (nSPS) is 11.6. The predicted molar refractivity (Wildman–Crippen MR) is 109 cm³/mol.